The van der Waals surface area contributed by atoms with Gasteiger partial charge in [0.2, 0.25) is 5.88 Å². The number of hydrogen-bond donors (Lipinski definition) is 3. The average molecular weight is 259 g/mol. The Bertz CT molecular complexity index is 505. The van der Waals surface area contributed by atoms with Gasteiger partial charge < -0.3 is 15.9 Å². The molecule has 4 aliphatic carbocycles. The van der Waals surface area contributed by atoms with Crippen molar-refractivity contribution in [3.8, 4) is 0 Å². The summed E-state index contributed by atoms with van der Waals surface area (Å²) in [6.07, 6.45) is 8.60. The maximum absolute atomic E-state index is 7.75. The van der Waals surface area contributed by atoms with Crippen molar-refractivity contribution in [2.24, 2.45) is 29.4 Å². The van der Waals surface area contributed by atoms with Crippen LogP contribution in [-0.2, 0) is 0 Å². The standard InChI is InChI=1S/C15H21N3O/c16-14(17)13-11(6-19-15(13)18)12-9-2-7-1-8(4-9)5-10(12)3-7/h6-10,12H,1-5,18H2,(H3,16,17). The van der Waals surface area contributed by atoms with Crippen molar-refractivity contribution in [2.75, 3.05) is 5.73 Å². The van der Waals surface area contributed by atoms with Gasteiger partial charge in [-0.3, -0.25) is 5.41 Å². The van der Waals surface area contributed by atoms with Crippen molar-refractivity contribution in [1.82, 2.24) is 0 Å². The highest BCUT2D eigenvalue weighted by Crippen LogP contribution is 2.60. The first-order chi connectivity index (χ1) is 9.13. The van der Waals surface area contributed by atoms with Gasteiger partial charge in [-0.1, -0.05) is 0 Å². The number of hydrogen-bond acceptors (Lipinski definition) is 3. The van der Waals surface area contributed by atoms with Gasteiger partial charge in [0.05, 0.1) is 11.8 Å². The summed E-state index contributed by atoms with van der Waals surface area (Å²) >= 11 is 0. The highest BCUT2D eigenvalue weighted by molar-refractivity contribution is 6.00. The molecule has 0 aromatic carbocycles. The molecule has 1 aromatic rings. The van der Waals surface area contributed by atoms with Gasteiger partial charge in [-0.2, -0.15) is 0 Å². The molecule has 0 atom stereocenters. The zero-order valence-electron chi connectivity index (χ0n) is 11.1. The number of amidine groups is 1. The highest BCUT2D eigenvalue weighted by Gasteiger charge is 2.49. The van der Waals surface area contributed by atoms with E-state index in [-0.39, 0.29) is 5.84 Å². The lowest BCUT2D eigenvalue weighted by molar-refractivity contribution is -0.00300. The van der Waals surface area contributed by atoms with Crippen LogP contribution in [0.5, 0.6) is 0 Å². The fourth-order valence-corrected chi connectivity index (χ4v) is 5.35. The van der Waals surface area contributed by atoms with Gasteiger partial charge in [-0.05, 0) is 61.7 Å². The van der Waals surface area contributed by atoms with Gasteiger partial charge in [0.1, 0.15) is 5.84 Å². The van der Waals surface area contributed by atoms with Crippen LogP contribution < -0.4 is 11.5 Å². The predicted octanol–water partition coefficient (Wildman–Crippen LogP) is 2.69. The molecule has 5 N–H and O–H groups in total. The summed E-state index contributed by atoms with van der Waals surface area (Å²) in [7, 11) is 0. The minimum atomic E-state index is 0.0510. The summed E-state index contributed by atoms with van der Waals surface area (Å²) in [5, 5.41) is 7.75. The highest BCUT2D eigenvalue weighted by atomic mass is 16.3. The molecule has 4 heteroatoms. The molecule has 4 bridgehead atoms. The molecule has 0 aliphatic heterocycles. The number of nitrogens with one attached hydrogen (secondary N) is 1. The van der Waals surface area contributed by atoms with Crippen molar-refractivity contribution in [2.45, 2.75) is 38.0 Å². The topological polar surface area (TPSA) is 89.0 Å². The number of nitrogens with two attached hydrogens (primary N) is 2. The van der Waals surface area contributed by atoms with E-state index in [0.29, 0.717) is 17.4 Å². The summed E-state index contributed by atoms with van der Waals surface area (Å²) in [6, 6.07) is 0. The predicted molar refractivity (Wildman–Crippen MR) is 73.9 cm³/mol. The number of anilines is 1. The molecule has 102 valence electrons. The maximum atomic E-state index is 7.75. The second-order valence-corrected chi connectivity index (χ2v) is 6.80. The van der Waals surface area contributed by atoms with Gasteiger partial charge in [0, 0.05) is 5.56 Å². The summed E-state index contributed by atoms with van der Waals surface area (Å²) in [6.45, 7) is 0. The lowest BCUT2D eigenvalue weighted by Gasteiger charge is -2.54. The molecule has 0 amide bonds. The fourth-order valence-electron chi connectivity index (χ4n) is 5.35. The minimum Gasteiger partial charge on any atom is -0.448 e. The molecular formula is C15H21N3O. The normalized spacial score (nSPS) is 39.7. The summed E-state index contributed by atoms with van der Waals surface area (Å²) in [5.74, 6) is 4.30. The monoisotopic (exact) mass is 259 g/mol. The van der Waals surface area contributed by atoms with Crippen LogP contribution >= 0.6 is 0 Å². The lowest BCUT2D eigenvalue weighted by atomic mass is 9.50. The van der Waals surface area contributed by atoms with Crippen molar-refractivity contribution >= 4 is 11.7 Å². The Hall–Kier alpha value is -1.45. The average Bonchev–Trinajstić information content (AvgIpc) is 2.69. The Morgan fingerprint density at radius 3 is 2.21 bits per heavy atom. The molecule has 4 fully saturated rings. The Balaban J connectivity index is 1.75. The SMILES string of the molecule is N=C(N)c1c(C2C3CC4CC(C3)CC2C4)coc1N. The lowest BCUT2D eigenvalue weighted by Crippen LogP contribution is -2.44. The molecule has 5 rings (SSSR count). The van der Waals surface area contributed by atoms with Crippen LogP contribution in [-0.4, -0.2) is 5.84 Å². The zero-order valence-corrected chi connectivity index (χ0v) is 11.1. The maximum Gasteiger partial charge on any atom is 0.201 e. The Labute approximate surface area is 113 Å². The third-order valence-corrected chi connectivity index (χ3v) is 5.70. The van der Waals surface area contributed by atoms with Crippen LogP contribution in [0.2, 0.25) is 0 Å². The summed E-state index contributed by atoms with van der Waals surface area (Å²) in [5.41, 5.74) is 13.3. The third kappa shape index (κ3) is 1.55. The van der Waals surface area contributed by atoms with Crippen LogP contribution in [0.1, 0.15) is 49.1 Å². The van der Waals surface area contributed by atoms with E-state index >= 15 is 0 Å². The van der Waals surface area contributed by atoms with Crippen LogP contribution in [0.4, 0.5) is 5.88 Å². The van der Waals surface area contributed by atoms with E-state index in [1.807, 2.05) is 0 Å². The summed E-state index contributed by atoms with van der Waals surface area (Å²) < 4.78 is 5.37. The largest absolute Gasteiger partial charge is 0.448 e. The smallest absolute Gasteiger partial charge is 0.201 e. The van der Waals surface area contributed by atoms with E-state index in [4.69, 9.17) is 21.3 Å². The summed E-state index contributed by atoms with van der Waals surface area (Å²) in [4.78, 5) is 0. The molecule has 0 unspecified atom stereocenters. The van der Waals surface area contributed by atoms with Crippen molar-refractivity contribution in [1.29, 1.82) is 5.41 Å². The van der Waals surface area contributed by atoms with E-state index in [1.165, 1.54) is 32.1 Å². The Kier molecular flexibility index (Phi) is 2.26. The van der Waals surface area contributed by atoms with Crippen LogP contribution in [0.15, 0.2) is 10.7 Å². The van der Waals surface area contributed by atoms with Gasteiger partial charge in [-0.15, -0.1) is 0 Å². The van der Waals surface area contributed by atoms with E-state index < -0.39 is 0 Å². The molecule has 4 nitrogen and oxygen atoms in total. The van der Waals surface area contributed by atoms with Gasteiger partial charge in [0.15, 0.2) is 0 Å². The van der Waals surface area contributed by atoms with Crippen LogP contribution in [0.3, 0.4) is 0 Å². The first kappa shape index (κ1) is 11.4. The molecule has 19 heavy (non-hydrogen) atoms. The zero-order chi connectivity index (χ0) is 13.1. The molecule has 4 aliphatic rings. The van der Waals surface area contributed by atoms with Crippen molar-refractivity contribution < 1.29 is 4.42 Å². The van der Waals surface area contributed by atoms with E-state index in [9.17, 15) is 0 Å². The quantitative estimate of drug-likeness (QED) is 0.563. The number of furan rings is 1. The molecule has 0 saturated heterocycles. The van der Waals surface area contributed by atoms with Crippen LogP contribution in [0.25, 0.3) is 0 Å². The molecule has 1 heterocycles. The van der Waals surface area contributed by atoms with Crippen LogP contribution in [0, 0.1) is 29.1 Å². The van der Waals surface area contributed by atoms with Gasteiger partial charge in [0.25, 0.3) is 0 Å². The minimum absolute atomic E-state index is 0.0510. The Morgan fingerprint density at radius 1 is 1.11 bits per heavy atom. The second-order valence-electron chi connectivity index (χ2n) is 6.80. The van der Waals surface area contributed by atoms with E-state index in [0.717, 1.165) is 29.2 Å². The third-order valence-electron chi connectivity index (χ3n) is 5.70. The molecule has 0 radical (unpaired) electrons. The number of nitrogen functional groups attached to an aromatic ring is 2. The van der Waals surface area contributed by atoms with Crippen molar-refractivity contribution in [3.05, 3.63) is 17.4 Å². The van der Waals surface area contributed by atoms with Gasteiger partial charge in [-0.25, -0.2) is 0 Å². The first-order valence-electron chi connectivity index (χ1n) is 7.34. The molecular weight excluding hydrogens is 238 g/mol. The van der Waals surface area contributed by atoms with E-state index in [2.05, 4.69) is 0 Å². The fraction of sp³-hybridized carbons (Fsp3) is 0.667. The van der Waals surface area contributed by atoms with E-state index in [1.54, 1.807) is 6.26 Å². The van der Waals surface area contributed by atoms with Crippen molar-refractivity contribution in [3.63, 3.8) is 0 Å². The molecule has 1 aromatic heterocycles. The van der Waals surface area contributed by atoms with Gasteiger partial charge >= 0.3 is 0 Å². The molecule has 0 spiro atoms. The second kappa shape index (κ2) is 3.78. The Morgan fingerprint density at radius 2 is 1.68 bits per heavy atom. The molecule has 4 saturated carbocycles. The number of rotatable bonds is 2. The first-order valence-corrected chi connectivity index (χ1v) is 7.34.